The molecule has 2 aromatic rings. The third-order valence-corrected chi connectivity index (χ3v) is 5.07. The number of halogens is 1. The van der Waals surface area contributed by atoms with Gasteiger partial charge in [0.25, 0.3) is 5.91 Å². The summed E-state index contributed by atoms with van der Waals surface area (Å²) in [7, 11) is 1.45. The number of ether oxygens (including phenoxy) is 1. The minimum absolute atomic E-state index is 0.254. The molecule has 3 rings (SSSR count). The number of hydrogen-bond acceptors (Lipinski definition) is 6. The lowest BCUT2D eigenvalue weighted by molar-refractivity contribution is -0.141. The van der Waals surface area contributed by atoms with Crippen molar-refractivity contribution in [3.8, 4) is 5.88 Å². The van der Waals surface area contributed by atoms with Crippen molar-refractivity contribution in [2.45, 2.75) is 26.8 Å². The van der Waals surface area contributed by atoms with Gasteiger partial charge >= 0.3 is 0 Å². The maximum absolute atomic E-state index is 13.1. The number of methoxy groups -OCH3 is 1. The summed E-state index contributed by atoms with van der Waals surface area (Å²) in [6.45, 7) is 5.18. The molecule has 0 bridgehead atoms. The highest BCUT2D eigenvalue weighted by molar-refractivity contribution is 9.10. The van der Waals surface area contributed by atoms with E-state index in [9.17, 15) is 14.4 Å². The van der Waals surface area contributed by atoms with Crippen molar-refractivity contribution in [3.63, 3.8) is 0 Å². The molecule has 146 valence electrons. The summed E-state index contributed by atoms with van der Waals surface area (Å²) in [5.74, 6) is -2.48. The van der Waals surface area contributed by atoms with Crippen LogP contribution >= 0.6 is 15.9 Å². The second-order valence-electron chi connectivity index (χ2n) is 7.51. The Morgan fingerprint density at radius 2 is 1.89 bits per heavy atom. The van der Waals surface area contributed by atoms with Gasteiger partial charge in [-0.25, -0.2) is 9.97 Å². The van der Waals surface area contributed by atoms with Gasteiger partial charge in [-0.2, -0.15) is 0 Å². The lowest BCUT2D eigenvalue weighted by Crippen LogP contribution is -2.36. The third kappa shape index (κ3) is 3.44. The summed E-state index contributed by atoms with van der Waals surface area (Å²) in [6, 6.07) is 5.84. The molecule has 0 aliphatic carbocycles. The highest BCUT2D eigenvalue weighted by Gasteiger charge is 2.55. The van der Waals surface area contributed by atoms with Gasteiger partial charge in [0.05, 0.1) is 13.2 Å². The van der Waals surface area contributed by atoms with Crippen LogP contribution in [-0.2, 0) is 14.4 Å². The zero-order valence-corrected chi connectivity index (χ0v) is 17.6. The Labute approximate surface area is 171 Å². The molecule has 1 amide bonds. The predicted octanol–water partition coefficient (Wildman–Crippen LogP) is 3.14. The number of amides is 1. The molecule has 2 unspecified atom stereocenters. The number of nitrogens with zero attached hydrogens (tertiary/aromatic N) is 3. The number of carbonyl (C=O) groups is 3. The number of anilines is 1. The number of ketones is 2. The van der Waals surface area contributed by atoms with Crippen LogP contribution in [-0.4, -0.2) is 34.6 Å². The van der Waals surface area contributed by atoms with Crippen molar-refractivity contribution in [3.05, 3.63) is 46.7 Å². The minimum atomic E-state index is -1.17. The summed E-state index contributed by atoms with van der Waals surface area (Å²) >= 11 is 3.31. The van der Waals surface area contributed by atoms with Crippen LogP contribution in [0.15, 0.2) is 41.1 Å². The lowest BCUT2D eigenvalue weighted by Gasteiger charge is -2.29. The predicted molar refractivity (Wildman–Crippen MR) is 106 cm³/mol. The van der Waals surface area contributed by atoms with Crippen LogP contribution in [0.3, 0.4) is 0 Å². The first-order chi connectivity index (χ1) is 13.2. The Morgan fingerprint density at radius 3 is 2.46 bits per heavy atom. The average molecular weight is 446 g/mol. The number of Topliss-reactive ketones (excluding diaryl/α,β-unsaturated/α-hetero) is 2. The van der Waals surface area contributed by atoms with Gasteiger partial charge in [0.1, 0.15) is 11.7 Å². The van der Waals surface area contributed by atoms with E-state index in [0.29, 0.717) is 5.56 Å². The number of hydrogen-bond donors (Lipinski definition) is 0. The molecule has 1 fully saturated rings. The van der Waals surface area contributed by atoms with Gasteiger partial charge in [-0.1, -0.05) is 20.8 Å². The third-order valence-electron chi connectivity index (χ3n) is 4.60. The molecule has 1 aliphatic heterocycles. The minimum Gasteiger partial charge on any atom is -0.481 e. The summed E-state index contributed by atoms with van der Waals surface area (Å²) in [4.78, 5) is 48.7. The molecular weight excluding hydrogens is 426 g/mol. The van der Waals surface area contributed by atoms with Crippen LogP contribution in [0.4, 0.5) is 5.82 Å². The van der Waals surface area contributed by atoms with E-state index in [1.54, 1.807) is 51.2 Å². The maximum atomic E-state index is 13.1. The number of pyridine rings is 2. The SMILES string of the molecule is COc1ncccc1C1C(C(=O)C(C)(C)C)C(=O)C(=O)N1c1ccc(Br)cn1. The van der Waals surface area contributed by atoms with Crippen LogP contribution in [0, 0.1) is 11.3 Å². The Kier molecular flexibility index (Phi) is 5.34. The monoisotopic (exact) mass is 445 g/mol. The Bertz CT molecular complexity index is 937. The zero-order chi connectivity index (χ0) is 20.6. The van der Waals surface area contributed by atoms with Gasteiger partial charge in [0.2, 0.25) is 11.7 Å². The van der Waals surface area contributed by atoms with Crippen molar-refractivity contribution in [2.75, 3.05) is 12.0 Å². The van der Waals surface area contributed by atoms with Crippen molar-refractivity contribution in [1.29, 1.82) is 0 Å². The van der Waals surface area contributed by atoms with E-state index in [-0.39, 0.29) is 17.5 Å². The van der Waals surface area contributed by atoms with E-state index in [4.69, 9.17) is 4.74 Å². The first-order valence-electron chi connectivity index (χ1n) is 8.69. The molecule has 0 aromatic carbocycles. The van der Waals surface area contributed by atoms with Gasteiger partial charge in [0.15, 0.2) is 5.78 Å². The van der Waals surface area contributed by atoms with Crippen molar-refractivity contribution < 1.29 is 19.1 Å². The summed E-state index contributed by atoms with van der Waals surface area (Å²) in [5, 5.41) is 0. The fraction of sp³-hybridized carbons (Fsp3) is 0.350. The molecule has 2 atom stereocenters. The van der Waals surface area contributed by atoms with Crippen LogP contribution in [0.5, 0.6) is 5.88 Å². The normalized spacial score (nSPS) is 19.8. The number of rotatable bonds is 4. The molecule has 0 radical (unpaired) electrons. The van der Waals surface area contributed by atoms with E-state index in [1.165, 1.54) is 18.2 Å². The van der Waals surface area contributed by atoms with Crippen molar-refractivity contribution in [2.24, 2.45) is 11.3 Å². The smallest absolute Gasteiger partial charge is 0.297 e. The Hall–Kier alpha value is -2.61. The first-order valence-corrected chi connectivity index (χ1v) is 9.48. The topological polar surface area (TPSA) is 89.5 Å². The van der Waals surface area contributed by atoms with Gasteiger partial charge < -0.3 is 4.74 Å². The zero-order valence-electron chi connectivity index (χ0n) is 16.0. The fourth-order valence-corrected chi connectivity index (χ4v) is 3.51. The van der Waals surface area contributed by atoms with E-state index in [1.807, 2.05) is 0 Å². The fourth-order valence-electron chi connectivity index (χ4n) is 3.27. The van der Waals surface area contributed by atoms with E-state index < -0.39 is 29.1 Å². The second-order valence-corrected chi connectivity index (χ2v) is 8.43. The molecule has 3 heterocycles. The summed E-state index contributed by atoms with van der Waals surface area (Å²) < 4.78 is 6.07. The van der Waals surface area contributed by atoms with Gasteiger partial charge in [-0.15, -0.1) is 0 Å². The lowest BCUT2D eigenvalue weighted by atomic mass is 9.78. The molecule has 1 saturated heterocycles. The van der Waals surface area contributed by atoms with Crippen LogP contribution in [0.1, 0.15) is 32.4 Å². The van der Waals surface area contributed by atoms with Gasteiger partial charge in [-0.3, -0.25) is 19.3 Å². The van der Waals surface area contributed by atoms with E-state index in [0.717, 1.165) is 4.47 Å². The molecule has 2 aromatic heterocycles. The molecular formula is C20H20BrN3O4. The summed E-state index contributed by atoms with van der Waals surface area (Å²) in [5.41, 5.74) is -0.325. The van der Waals surface area contributed by atoms with Gasteiger partial charge in [-0.05, 0) is 40.2 Å². The Balaban J connectivity index is 2.23. The molecule has 1 aliphatic rings. The highest BCUT2D eigenvalue weighted by Crippen LogP contribution is 2.44. The average Bonchev–Trinajstić information content (AvgIpc) is 2.92. The second kappa shape index (κ2) is 7.43. The molecule has 0 N–H and O–H groups in total. The standard InChI is InChI=1S/C20H20BrN3O4/c1-20(2,3)17(26)14-15(12-6-5-9-22-18(12)28-4)24(19(27)16(14)25)13-8-7-11(21)10-23-13/h5-10,14-15H,1-4H3. The number of carbonyl (C=O) groups excluding carboxylic acids is 3. The van der Waals surface area contributed by atoms with Crippen LogP contribution < -0.4 is 9.64 Å². The quantitative estimate of drug-likeness (QED) is 0.530. The van der Waals surface area contributed by atoms with Crippen LogP contribution in [0.25, 0.3) is 0 Å². The van der Waals surface area contributed by atoms with Crippen molar-refractivity contribution in [1.82, 2.24) is 9.97 Å². The molecule has 7 nitrogen and oxygen atoms in total. The van der Waals surface area contributed by atoms with E-state index in [2.05, 4.69) is 25.9 Å². The molecule has 0 saturated carbocycles. The van der Waals surface area contributed by atoms with Crippen molar-refractivity contribution >= 4 is 39.2 Å². The number of aromatic nitrogens is 2. The first kappa shape index (κ1) is 20.1. The Morgan fingerprint density at radius 1 is 1.18 bits per heavy atom. The van der Waals surface area contributed by atoms with Crippen LogP contribution in [0.2, 0.25) is 0 Å². The summed E-state index contributed by atoms with van der Waals surface area (Å²) in [6.07, 6.45) is 3.08. The molecule has 0 spiro atoms. The van der Waals surface area contributed by atoms with E-state index >= 15 is 0 Å². The highest BCUT2D eigenvalue weighted by atomic mass is 79.9. The largest absolute Gasteiger partial charge is 0.481 e. The maximum Gasteiger partial charge on any atom is 0.297 e. The van der Waals surface area contributed by atoms with Gasteiger partial charge in [0, 0.05) is 27.8 Å². The molecule has 28 heavy (non-hydrogen) atoms. The molecule has 8 heteroatoms.